The Balaban J connectivity index is 1.60. The van der Waals surface area contributed by atoms with E-state index < -0.39 is 20.4 Å². The fraction of sp³-hybridized carbons (Fsp3) is 0.684. The standard InChI is InChI=1S/C19H30F2OSi/c1-2-3-4-5-6-11-23-12-9-16(10-13-23)15-22-17-7-8-18(20)19(21)14-17/h7-8,14,16,23H,2-6,9-13,15H2,1H3. The molecule has 1 aromatic rings. The molecule has 0 spiro atoms. The third-order valence-corrected chi connectivity index (χ3v) is 8.58. The van der Waals surface area contributed by atoms with Crippen LogP contribution in [0.2, 0.25) is 18.1 Å². The molecule has 1 nitrogen and oxygen atoms in total. The Kier molecular flexibility index (Phi) is 8.07. The topological polar surface area (TPSA) is 9.23 Å². The lowest BCUT2D eigenvalue weighted by Gasteiger charge is -2.27. The van der Waals surface area contributed by atoms with Gasteiger partial charge in [0.05, 0.1) is 6.61 Å². The average Bonchev–Trinajstić information content (AvgIpc) is 2.57. The van der Waals surface area contributed by atoms with Crippen LogP contribution in [0.4, 0.5) is 8.78 Å². The predicted molar refractivity (Wildman–Crippen MR) is 94.9 cm³/mol. The summed E-state index contributed by atoms with van der Waals surface area (Å²) in [6.07, 6.45) is 9.48. The van der Waals surface area contributed by atoms with Gasteiger partial charge in [-0.3, -0.25) is 0 Å². The molecule has 0 saturated carbocycles. The number of ether oxygens (including phenoxy) is 1. The lowest BCUT2D eigenvalue weighted by atomic mass is 10.0. The van der Waals surface area contributed by atoms with Gasteiger partial charge in [-0.1, -0.05) is 57.2 Å². The maximum atomic E-state index is 13.1. The highest BCUT2D eigenvalue weighted by molar-refractivity contribution is 6.58. The highest BCUT2D eigenvalue weighted by Gasteiger charge is 2.22. The van der Waals surface area contributed by atoms with Crippen LogP contribution in [0.25, 0.3) is 0 Å². The number of rotatable bonds is 9. The first-order chi connectivity index (χ1) is 11.2. The third-order valence-electron chi connectivity index (χ3n) is 5.06. The first-order valence-electron chi connectivity index (χ1n) is 9.27. The Morgan fingerprint density at radius 1 is 1.04 bits per heavy atom. The summed E-state index contributed by atoms with van der Waals surface area (Å²) in [5, 5.41) is 0. The molecular weight excluding hydrogens is 310 g/mol. The van der Waals surface area contributed by atoms with Gasteiger partial charge in [0, 0.05) is 14.9 Å². The van der Waals surface area contributed by atoms with E-state index in [4.69, 9.17) is 4.74 Å². The van der Waals surface area contributed by atoms with Gasteiger partial charge in [-0.2, -0.15) is 0 Å². The second kappa shape index (κ2) is 10.1. The lowest BCUT2D eigenvalue weighted by Crippen LogP contribution is -2.24. The molecule has 1 fully saturated rings. The summed E-state index contributed by atoms with van der Waals surface area (Å²) < 4.78 is 31.7. The third kappa shape index (κ3) is 6.62. The van der Waals surface area contributed by atoms with E-state index in [9.17, 15) is 8.78 Å². The first-order valence-corrected chi connectivity index (χ1v) is 11.7. The van der Waals surface area contributed by atoms with E-state index in [0.717, 1.165) is 12.1 Å². The van der Waals surface area contributed by atoms with E-state index in [0.29, 0.717) is 18.3 Å². The fourth-order valence-electron chi connectivity index (χ4n) is 3.50. The molecule has 4 heteroatoms. The molecule has 1 aliphatic heterocycles. The molecule has 0 amide bonds. The zero-order valence-corrected chi connectivity index (χ0v) is 15.5. The van der Waals surface area contributed by atoms with Crippen molar-refractivity contribution in [3.63, 3.8) is 0 Å². The second-order valence-corrected chi connectivity index (χ2v) is 10.4. The number of unbranched alkanes of at least 4 members (excludes halogenated alkanes) is 4. The summed E-state index contributed by atoms with van der Waals surface area (Å²) in [6.45, 7) is 2.90. The molecule has 0 N–H and O–H groups in total. The molecule has 0 bridgehead atoms. The molecule has 23 heavy (non-hydrogen) atoms. The van der Waals surface area contributed by atoms with Gasteiger partial charge in [-0.05, 0) is 30.9 Å². The Labute approximate surface area is 141 Å². The Bertz CT molecular complexity index is 459. The molecule has 1 aliphatic rings. The molecule has 0 unspecified atom stereocenters. The summed E-state index contributed by atoms with van der Waals surface area (Å²) in [5.74, 6) is -0.615. The minimum atomic E-state index is -0.832. The smallest absolute Gasteiger partial charge is 0.162 e. The van der Waals surface area contributed by atoms with Crippen LogP contribution in [0.3, 0.4) is 0 Å². The van der Waals surface area contributed by atoms with Crippen molar-refractivity contribution in [3.05, 3.63) is 29.8 Å². The van der Waals surface area contributed by atoms with E-state index in [-0.39, 0.29) is 0 Å². The van der Waals surface area contributed by atoms with E-state index in [1.165, 1.54) is 69.1 Å². The molecule has 1 heterocycles. The minimum absolute atomic E-state index is 0.444. The van der Waals surface area contributed by atoms with E-state index >= 15 is 0 Å². The van der Waals surface area contributed by atoms with Crippen molar-refractivity contribution in [2.45, 2.75) is 70.0 Å². The van der Waals surface area contributed by atoms with Crippen molar-refractivity contribution < 1.29 is 13.5 Å². The van der Waals surface area contributed by atoms with Crippen LogP contribution >= 0.6 is 0 Å². The van der Waals surface area contributed by atoms with Gasteiger partial charge in [-0.25, -0.2) is 8.78 Å². The number of hydrogen-bond donors (Lipinski definition) is 0. The summed E-state index contributed by atoms with van der Waals surface area (Å²) in [4.78, 5) is 0. The normalized spacial score (nSPS) is 21.3. The zero-order chi connectivity index (χ0) is 16.5. The molecule has 0 atom stereocenters. The van der Waals surface area contributed by atoms with E-state index in [2.05, 4.69) is 6.92 Å². The highest BCUT2D eigenvalue weighted by atomic mass is 28.3. The molecule has 0 aliphatic carbocycles. The quantitative estimate of drug-likeness (QED) is 0.398. The largest absolute Gasteiger partial charge is 0.493 e. The van der Waals surface area contributed by atoms with Crippen LogP contribution < -0.4 is 4.74 Å². The summed E-state index contributed by atoms with van der Waals surface area (Å²) in [6, 6.07) is 8.16. The monoisotopic (exact) mass is 340 g/mol. The maximum Gasteiger partial charge on any atom is 0.162 e. The molecule has 1 aromatic carbocycles. The van der Waals surface area contributed by atoms with Gasteiger partial charge in [0.25, 0.3) is 0 Å². The van der Waals surface area contributed by atoms with Crippen LogP contribution in [-0.4, -0.2) is 15.4 Å². The van der Waals surface area contributed by atoms with Crippen LogP contribution in [0.15, 0.2) is 18.2 Å². The van der Waals surface area contributed by atoms with Crippen molar-refractivity contribution in [1.29, 1.82) is 0 Å². The van der Waals surface area contributed by atoms with Crippen LogP contribution in [0.5, 0.6) is 5.75 Å². The Hall–Kier alpha value is -0.903. The number of halogens is 2. The van der Waals surface area contributed by atoms with Crippen molar-refractivity contribution >= 4 is 8.80 Å². The molecule has 1 saturated heterocycles. The molecule has 2 rings (SSSR count). The van der Waals surface area contributed by atoms with Crippen LogP contribution in [0.1, 0.15) is 51.9 Å². The predicted octanol–water partition coefficient (Wildman–Crippen LogP) is 5.95. The minimum Gasteiger partial charge on any atom is -0.493 e. The van der Waals surface area contributed by atoms with Gasteiger partial charge >= 0.3 is 0 Å². The van der Waals surface area contributed by atoms with E-state index in [1.54, 1.807) is 0 Å². The van der Waals surface area contributed by atoms with Crippen LogP contribution in [0, 0.1) is 17.6 Å². The molecular formula is C19H30F2OSi. The van der Waals surface area contributed by atoms with Gasteiger partial charge < -0.3 is 4.74 Å². The second-order valence-electron chi connectivity index (χ2n) is 6.98. The SMILES string of the molecule is CCCCCCC[SiH]1CCC(COc2ccc(F)c(F)c2)CC1. The van der Waals surface area contributed by atoms with E-state index in [1.807, 2.05) is 0 Å². The zero-order valence-electron chi connectivity index (χ0n) is 14.3. The van der Waals surface area contributed by atoms with Crippen molar-refractivity contribution in [3.8, 4) is 5.75 Å². The van der Waals surface area contributed by atoms with Gasteiger partial charge in [-0.15, -0.1) is 0 Å². The molecule has 130 valence electrons. The molecule has 0 aromatic heterocycles. The van der Waals surface area contributed by atoms with Crippen LogP contribution in [-0.2, 0) is 0 Å². The number of hydrogen-bond acceptors (Lipinski definition) is 1. The fourth-order valence-corrected chi connectivity index (χ4v) is 7.12. The first kappa shape index (κ1) is 18.4. The average molecular weight is 341 g/mol. The summed E-state index contributed by atoms with van der Waals surface area (Å²) >= 11 is 0. The summed E-state index contributed by atoms with van der Waals surface area (Å²) in [5.41, 5.74) is 0. The highest BCUT2D eigenvalue weighted by Crippen LogP contribution is 2.29. The van der Waals surface area contributed by atoms with Crippen molar-refractivity contribution in [2.24, 2.45) is 5.92 Å². The Morgan fingerprint density at radius 3 is 2.48 bits per heavy atom. The van der Waals surface area contributed by atoms with Gasteiger partial charge in [0.2, 0.25) is 0 Å². The summed E-state index contributed by atoms with van der Waals surface area (Å²) in [7, 11) is -0.495. The maximum absolute atomic E-state index is 13.1. The van der Waals surface area contributed by atoms with Gasteiger partial charge in [0.1, 0.15) is 5.75 Å². The molecule has 0 radical (unpaired) electrons. The lowest BCUT2D eigenvalue weighted by molar-refractivity contribution is 0.235. The number of benzene rings is 1. The van der Waals surface area contributed by atoms with Crippen molar-refractivity contribution in [2.75, 3.05) is 6.61 Å². The Morgan fingerprint density at radius 2 is 1.78 bits per heavy atom. The van der Waals surface area contributed by atoms with Crippen molar-refractivity contribution in [1.82, 2.24) is 0 Å². The van der Waals surface area contributed by atoms with Gasteiger partial charge in [0.15, 0.2) is 11.6 Å².